The molecule has 0 aliphatic heterocycles. The summed E-state index contributed by atoms with van der Waals surface area (Å²) in [5, 5.41) is 3.87. The Bertz CT molecular complexity index is 526. The van der Waals surface area contributed by atoms with Gasteiger partial charge in [0, 0.05) is 11.7 Å². The summed E-state index contributed by atoms with van der Waals surface area (Å²) in [5.41, 5.74) is 2.62. The summed E-state index contributed by atoms with van der Waals surface area (Å²) >= 11 is 0. The topological polar surface area (TPSA) is 21.3 Å². The largest absolute Gasteiger partial charge is 0.494 e. The first-order chi connectivity index (χ1) is 10.3. The van der Waals surface area contributed by atoms with Crippen LogP contribution in [0.3, 0.4) is 0 Å². The van der Waals surface area contributed by atoms with Crippen LogP contribution >= 0.6 is 0 Å². The van der Waals surface area contributed by atoms with Gasteiger partial charge in [0.2, 0.25) is 0 Å². The summed E-state index contributed by atoms with van der Waals surface area (Å²) in [6.07, 6.45) is 7.38. The van der Waals surface area contributed by atoms with E-state index in [-0.39, 0.29) is 0 Å². The second-order valence-corrected chi connectivity index (χ2v) is 7.31. The molecule has 5 atom stereocenters. The number of hydrogen-bond donors (Lipinski definition) is 1. The summed E-state index contributed by atoms with van der Waals surface area (Å²) in [6.45, 7) is 4.97. The molecule has 0 amide bonds. The minimum absolute atomic E-state index is 0.714. The van der Waals surface area contributed by atoms with E-state index in [1.54, 1.807) is 0 Å². The number of fused-ring (bicyclic) bond motifs is 5. The molecule has 3 aliphatic rings. The Hall–Kier alpha value is -1.18. The van der Waals surface area contributed by atoms with E-state index in [0.717, 1.165) is 36.0 Å². The summed E-state index contributed by atoms with van der Waals surface area (Å²) in [7, 11) is 0. The van der Waals surface area contributed by atoms with Gasteiger partial charge in [-0.2, -0.15) is 0 Å². The van der Waals surface area contributed by atoms with Gasteiger partial charge < -0.3 is 10.1 Å². The minimum Gasteiger partial charge on any atom is -0.494 e. The Balaban J connectivity index is 1.47. The van der Waals surface area contributed by atoms with Crippen molar-refractivity contribution in [2.45, 2.75) is 52.0 Å². The average Bonchev–Trinajstić information content (AvgIpc) is 3.14. The lowest BCUT2D eigenvalue weighted by molar-refractivity contribution is 0.243. The van der Waals surface area contributed by atoms with E-state index in [1.165, 1.54) is 43.4 Å². The quantitative estimate of drug-likeness (QED) is 0.871. The van der Waals surface area contributed by atoms with Crippen LogP contribution in [0.1, 0.15) is 44.6 Å². The molecule has 0 saturated heterocycles. The Morgan fingerprint density at radius 2 is 2.00 bits per heavy atom. The van der Waals surface area contributed by atoms with Crippen LogP contribution in [0.5, 0.6) is 5.75 Å². The molecule has 5 unspecified atom stereocenters. The first-order valence-electron chi connectivity index (χ1n) is 8.76. The van der Waals surface area contributed by atoms with Gasteiger partial charge in [-0.25, -0.2) is 0 Å². The third-order valence-corrected chi connectivity index (χ3v) is 6.28. The van der Waals surface area contributed by atoms with E-state index < -0.39 is 0 Å². The molecule has 3 aliphatic carbocycles. The second kappa shape index (κ2) is 5.23. The number of anilines is 1. The highest BCUT2D eigenvalue weighted by Crippen LogP contribution is 2.59. The summed E-state index contributed by atoms with van der Waals surface area (Å²) in [6, 6.07) is 7.19. The van der Waals surface area contributed by atoms with Gasteiger partial charge in [0.1, 0.15) is 5.75 Å². The molecule has 0 heterocycles. The van der Waals surface area contributed by atoms with E-state index >= 15 is 0 Å². The van der Waals surface area contributed by atoms with Crippen LogP contribution in [0.4, 0.5) is 5.69 Å². The summed E-state index contributed by atoms with van der Waals surface area (Å²) in [5.74, 6) is 5.06. The van der Waals surface area contributed by atoms with Gasteiger partial charge in [0.05, 0.1) is 6.61 Å². The maximum absolute atomic E-state index is 5.59. The third-order valence-electron chi connectivity index (χ3n) is 6.28. The van der Waals surface area contributed by atoms with Gasteiger partial charge >= 0.3 is 0 Å². The fourth-order valence-corrected chi connectivity index (χ4v) is 5.49. The lowest BCUT2D eigenvalue weighted by Gasteiger charge is -2.33. The van der Waals surface area contributed by atoms with Crippen molar-refractivity contribution in [3.8, 4) is 5.75 Å². The molecule has 3 saturated carbocycles. The van der Waals surface area contributed by atoms with Gasteiger partial charge in [0.25, 0.3) is 0 Å². The normalized spacial score (nSPS) is 36.8. The third kappa shape index (κ3) is 2.23. The van der Waals surface area contributed by atoms with Crippen molar-refractivity contribution in [2.75, 3.05) is 11.9 Å². The molecule has 2 heteroatoms. The predicted octanol–water partition coefficient (Wildman–Crippen LogP) is 4.63. The fourth-order valence-electron chi connectivity index (χ4n) is 5.49. The SMILES string of the molecule is CCOc1ccc(NC2CC3CC2C2CCCC32)c(C)c1. The standard InChI is InChI=1S/C19H27NO/c1-3-21-14-7-8-18(12(2)9-14)20-19-11-13-10-17(19)16-6-4-5-15(13)16/h7-9,13,15-17,19-20H,3-6,10-11H2,1-2H3. The van der Waals surface area contributed by atoms with Crippen molar-refractivity contribution >= 4 is 5.69 Å². The molecule has 1 N–H and O–H groups in total. The molecule has 0 spiro atoms. The van der Waals surface area contributed by atoms with Crippen LogP contribution in [0.25, 0.3) is 0 Å². The summed E-state index contributed by atoms with van der Waals surface area (Å²) < 4.78 is 5.59. The van der Waals surface area contributed by atoms with Crippen LogP contribution in [0, 0.1) is 30.6 Å². The fraction of sp³-hybridized carbons (Fsp3) is 0.684. The molecule has 1 aromatic rings. The highest BCUT2D eigenvalue weighted by Gasteiger charge is 2.53. The molecular formula is C19H27NO. The van der Waals surface area contributed by atoms with Crippen LogP contribution in [0.15, 0.2) is 18.2 Å². The Labute approximate surface area is 128 Å². The lowest BCUT2D eigenvalue weighted by Crippen LogP contribution is -2.34. The van der Waals surface area contributed by atoms with E-state index in [1.807, 2.05) is 6.92 Å². The Kier molecular flexibility index (Phi) is 3.35. The van der Waals surface area contributed by atoms with Gasteiger partial charge in [-0.3, -0.25) is 0 Å². The minimum atomic E-state index is 0.714. The first kappa shape index (κ1) is 13.5. The lowest BCUT2D eigenvalue weighted by atomic mass is 9.79. The molecule has 2 bridgehead atoms. The predicted molar refractivity (Wildman–Crippen MR) is 86.8 cm³/mol. The molecule has 4 rings (SSSR count). The summed E-state index contributed by atoms with van der Waals surface area (Å²) in [4.78, 5) is 0. The van der Waals surface area contributed by atoms with E-state index in [4.69, 9.17) is 4.74 Å². The number of benzene rings is 1. The molecule has 1 aromatic carbocycles. The van der Waals surface area contributed by atoms with Crippen LogP contribution in [0.2, 0.25) is 0 Å². The van der Waals surface area contributed by atoms with E-state index in [9.17, 15) is 0 Å². The average molecular weight is 285 g/mol. The van der Waals surface area contributed by atoms with Gasteiger partial charge in [-0.15, -0.1) is 0 Å². The Morgan fingerprint density at radius 1 is 1.14 bits per heavy atom. The van der Waals surface area contributed by atoms with Crippen molar-refractivity contribution in [1.82, 2.24) is 0 Å². The second-order valence-electron chi connectivity index (χ2n) is 7.31. The van der Waals surface area contributed by atoms with Crippen molar-refractivity contribution in [2.24, 2.45) is 23.7 Å². The Morgan fingerprint density at radius 3 is 2.81 bits per heavy atom. The molecule has 21 heavy (non-hydrogen) atoms. The van der Waals surface area contributed by atoms with Crippen molar-refractivity contribution in [1.29, 1.82) is 0 Å². The highest BCUT2D eigenvalue weighted by molar-refractivity contribution is 5.54. The molecule has 114 valence electrons. The number of nitrogens with one attached hydrogen (secondary N) is 1. The molecular weight excluding hydrogens is 258 g/mol. The molecule has 0 radical (unpaired) electrons. The van der Waals surface area contributed by atoms with Crippen LogP contribution in [-0.2, 0) is 0 Å². The molecule has 2 nitrogen and oxygen atoms in total. The number of rotatable bonds is 4. The first-order valence-corrected chi connectivity index (χ1v) is 8.76. The smallest absolute Gasteiger partial charge is 0.119 e. The van der Waals surface area contributed by atoms with Gasteiger partial charge in [-0.1, -0.05) is 6.42 Å². The highest BCUT2D eigenvalue weighted by atomic mass is 16.5. The van der Waals surface area contributed by atoms with Gasteiger partial charge in [-0.05, 0) is 87.0 Å². The number of ether oxygens (including phenoxy) is 1. The maximum Gasteiger partial charge on any atom is 0.119 e. The zero-order valence-electron chi connectivity index (χ0n) is 13.3. The zero-order chi connectivity index (χ0) is 14.4. The monoisotopic (exact) mass is 285 g/mol. The number of hydrogen-bond acceptors (Lipinski definition) is 2. The maximum atomic E-state index is 5.59. The van der Waals surface area contributed by atoms with E-state index in [2.05, 4.69) is 30.4 Å². The molecule has 0 aromatic heterocycles. The number of aryl methyl sites for hydroxylation is 1. The van der Waals surface area contributed by atoms with Crippen molar-refractivity contribution in [3.05, 3.63) is 23.8 Å². The zero-order valence-corrected chi connectivity index (χ0v) is 13.3. The molecule has 3 fully saturated rings. The van der Waals surface area contributed by atoms with Crippen LogP contribution < -0.4 is 10.1 Å². The van der Waals surface area contributed by atoms with Gasteiger partial charge in [0.15, 0.2) is 0 Å². The van der Waals surface area contributed by atoms with E-state index in [0.29, 0.717) is 6.04 Å². The van der Waals surface area contributed by atoms with Crippen molar-refractivity contribution in [3.63, 3.8) is 0 Å². The van der Waals surface area contributed by atoms with Crippen molar-refractivity contribution < 1.29 is 4.74 Å². The van der Waals surface area contributed by atoms with Crippen LogP contribution in [-0.4, -0.2) is 12.6 Å².